The van der Waals surface area contributed by atoms with Crippen molar-refractivity contribution in [2.24, 2.45) is 0 Å². The smallest absolute Gasteiger partial charge is 0.258 e. The Hall–Kier alpha value is -1.95. The molecule has 0 bridgehead atoms. The summed E-state index contributed by atoms with van der Waals surface area (Å²) in [6.45, 7) is 4.94. The molecule has 2 aromatic rings. The number of anilines is 1. The summed E-state index contributed by atoms with van der Waals surface area (Å²) in [5.41, 5.74) is 0.992. The zero-order valence-electron chi connectivity index (χ0n) is 15.7. The van der Waals surface area contributed by atoms with Crippen LogP contribution in [-0.4, -0.2) is 33.4 Å². The largest absolute Gasteiger partial charge is 0.375 e. The van der Waals surface area contributed by atoms with E-state index >= 15 is 0 Å². The van der Waals surface area contributed by atoms with Gasteiger partial charge in [0.2, 0.25) is 0 Å². The lowest BCUT2D eigenvalue weighted by atomic mass is 9.78. The molecule has 2 aliphatic rings. The highest BCUT2D eigenvalue weighted by Gasteiger charge is 2.38. The Morgan fingerprint density at radius 2 is 2.08 bits per heavy atom. The van der Waals surface area contributed by atoms with E-state index < -0.39 is 0 Å². The number of ether oxygens (including phenoxy) is 1. The summed E-state index contributed by atoms with van der Waals surface area (Å²) in [6.07, 6.45) is 10.2. The quantitative estimate of drug-likeness (QED) is 0.866. The Morgan fingerprint density at radius 1 is 1.23 bits per heavy atom. The fraction of sp³-hybridized carbons (Fsp3) is 0.650. The van der Waals surface area contributed by atoms with Gasteiger partial charge in [-0.1, -0.05) is 38.3 Å². The van der Waals surface area contributed by atoms with Crippen molar-refractivity contribution in [2.45, 2.75) is 76.4 Å². The Labute approximate surface area is 154 Å². The normalized spacial score (nSPS) is 22.7. The summed E-state index contributed by atoms with van der Waals surface area (Å²) >= 11 is 0. The van der Waals surface area contributed by atoms with E-state index in [1.807, 2.05) is 12.1 Å². The van der Waals surface area contributed by atoms with Crippen molar-refractivity contribution < 1.29 is 9.26 Å². The second-order valence-electron chi connectivity index (χ2n) is 7.97. The van der Waals surface area contributed by atoms with Gasteiger partial charge in [0.15, 0.2) is 5.82 Å². The number of hydrogen-bond donors (Lipinski definition) is 1. The highest BCUT2D eigenvalue weighted by Crippen LogP contribution is 2.39. The number of rotatable bonds is 4. The van der Waals surface area contributed by atoms with E-state index in [9.17, 15) is 0 Å². The predicted octanol–water partition coefficient (Wildman–Crippen LogP) is 4.55. The second kappa shape index (κ2) is 7.35. The number of aromatic nitrogens is 3. The first-order valence-electron chi connectivity index (χ1n) is 9.84. The van der Waals surface area contributed by atoms with Crippen molar-refractivity contribution in [3.63, 3.8) is 0 Å². The van der Waals surface area contributed by atoms with Crippen molar-refractivity contribution in [1.82, 2.24) is 15.1 Å². The van der Waals surface area contributed by atoms with Crippen LogP contribution in [0.1, 0.15) is 70.5 Å². The Kier molecular flexibility index (Phi) is 4.94. The molecule has 26 heavy (non-hydrogen) atoms. The Bertz CT molecular complexity index is 731. The standard InChI is InChI=1S/C20H28N4O2/c1-14(2)18-23-19(26-24-18)15-6-10-21-17(12-15)22-16-7-11-25-20(13-16)8-4-3-5-9-20/h6,10,12,14,16H,3-5,7-9,11,13H2,1-2H3,(H,21,22). The minimum Gasteiger partial charge on any atom is -0.375 e. The van der Waals surface area contributed by atoms with Gasteiger partial charge in [-0.25, -0.2) is 4.98 Å². The Balaban J connectivity index is 1.46. The zero-order valence-corrected chi connectivity index (χ0v) is 15.7. The molecule has 6 heteroatoms. The first kappa shape index (κ1) is 17.5. The number of hydrogen-bond acceptors (Lipinski definition) is 6. The summed E-state index contributed by atoms with van der Waals surface area (Å²) in [5.74, 6) is 2.40. The molecule has 0 radical (unpaired) electrons. The first-order chi connectivity index (χ1) is 12.6. The molecule has 1 N–H and O–H groups in total. The molecule has 1 saturated carbocycles. The van der Waals surface area contributed by atoms with Gasteiger partial charge in [-0.2, -0.15) is 4.98 Å². The third-order valence-electron chi connectivity index (χ3n) is 5.57. The molecule has 0 aromatic carbocycles. The maximum atomic E-state index is 6.20. The number of pyridine rings is 1. The average Bonchev–Trinajstić information content (AvgIpc) is 3.13. The van der Waals surface area contributed by atoms with E-state index in [2.05, 4.69) is 34.3 Å². The molecule has 0 amide bonds. The zero-order chi connectivity index (χ0) is 18.0. The molecule has 2 aromatic heterocycles. The van der Waals surface area contributed by atoms with Gasteiger partial charge in [0, 0.05) is 30.3 Å². The van der Waals surface area contributed by atoms with Crippen LogP contribution in [0.4, 0.5) is 5.82 Å². The number of nitrogens with zero attached hydrogens (tertiary/aromatic N) is 3. The van der Waals surface area contributed by atoms with Gasteiger partial charge >= 0.3 is 0 Å². The summed E-state index contributed by atoms with van der Waals surface area (Å²) in [5, 5.41) is 7.66. The molecule has 1 atom stereocenters. The molecule has 1 aliphatic heterocycles. The van der Waals surface area contributed by atoms with Crippen LogP contribution in [-0.2, 0) is 4.74 Å². The predicted molar refractivity (Wildman–Crippen MR) is 100 cm³/mol. The second-order valence-corrected chi connectivity index (χ2v) is 7.97. The molecule has 1 unspecified atom stereocenters. The third kappa shape index (κ3) is 3.75. The summed E-state index contributed by atoms with van der Waals surface area (Å²) in [6, 6.07) is 4.31. The van der Waals surface area contributed by atoms with Gasteiger partial charge in [-0.05, 0) is 37.8 Å². The fourth-order valence-electron chi connectivity index (χ4n) is 4.13. The van der Waals surface area contributed by atoms with Crippen LogP contribution in [0.2, 0.25) is 0 Å². The van der Waals surface area contributed by atoms with Crippen LogP contribution in [0.15, 0.2) is 22.9 Å². The molecule has 6 nitrogen and oxygen atoms in total. The summed E-state index contributed by atoms with van der Waals surface area (Å²) < 4.78 is 11.6. The third-order valence-corrected chi connectivity index (χ3v) is 5.57. The average molecular weight is 356 g/mol. The van der Waals surface area contributed by atoms with E-state index in [1.54, 1.807) is 6.20 Å². The summed E-state index contributed by atoms with van der Waals surface area (Å²) in [4.78, 5) is 8.98. The van der Waals surface area contributed by atoms with Gasteiger partial charge in [0.1, 0.15) is 5.82 Å². The van der Waals surface area contributed by atoms with Gasteiger partial charge in [-0.3, -0.25) is 0 Å². The molecule has 2 fully saturated rings. The maximum Gasteiger partial charge on any atom is 0.258 e. The van der Waals surface area contributed by atoms with Gasteiger partial charge < -0.3 is 14.6 Å². The monoisotopic (exact) mass is 356 g/mol. The van der Waals surface area contributed by atoms with Crippen LogP contribution in [0.25, 0.3) is 11.5 Å². The topological polar surface area (TPSA) is 73.1 Å². The number of nitrogens with one attached hydrogen (secondary N) is 1. The molecule has 3 heterocycles. The van der Waals surface area contributed by atoms with Crippen LogP contribution < -0.4 is 5.32 Å². The first-order valence-corrected chi connectivity index (χ1v) is 9.84. The molecular weight excluding hydrogens is 328 g/mol. The van der Waals surface area contributed by atoms with Crippen molar-refractivity contribution in [2.75, 3.05) is 11.9 Å². The lowest BCUT2D eigenvalue weighted by Gasteiger charge is -2.43. The van der Waals surface area contributed by atoms with E-state index in [0.717, 1.165) is 36.7 Å². The lowest BCUT2D eigenvalue weighted by Crippen LogP contribution is -2.45. The van der Waals surface area contributed by atoms with Gasteiger partial charge in [0.05, 0.1) is 5.60 Å². The van der Waals surface area contributed by atoms with Gasteiger partial charge in [-0.15, -0.1) is 0 Å². The van der Waals surface area contributed by atoms with Crippen LogP contribution in [0, 0.1) is 0 Å². The van der Waals surface area contributed by atoms with Crippen LogP contribution >= 0.6 is 0 Å². The fourth-order valence-corrected chi connectivity index (χ4v) is 4.13. The van der Waals surface area contributed by atoms with E-state index in [4.69, 9.17) is 9.26 Å². The highest BCUT2D eigenvalue weighted by atomic mass is 16.5. The van der Waals surface area contributed by atoms with Crippen molar-refractivity contribution in [1.29, 1.82) is 0 Å². The van der Waals surface area contributed by atoms with E-state index in [1.165, 1.54) is 32.1 Å². The molecule has 4 rings (SSSR count). The minimum atomic E-state index is 0.0877. The van der Waals surface area contributed by atoms with Crippen LogP contribution in [0.5, 0.6) is 0 Å². The highest BCUT2D eigenvalue weighted by molar-refractivity contribution is 5.58. The van der Waals surface area contributed by atoms with Crippen molar-refractivity contribution in [3.8, 4) is 11.5 Å². The molecule has 1 spiro atoms. The molecule has 1 aliphatic carbocycles. The van der Waals surface area contributed by atoms with E-state index in [0.29, 0.717) is 11.9 Å². The minimum absolute atomic E-state index is 0.0877. The van der Waals surface area contributed by atoms with E-state index in [-0.39, 0.29) is 11.5 Å². The SMILES string of the molecule is CC(C)c1noc(-c2ccnc(NC3CCOC4(CCCCC4)C3)c2)n1. The maximum absolute atomic E-state index is 6.20. The van der Waals surface area contributed by atoms with Gasteiger partial charge in [0.25, 0.3) is 5.89 Å². The molecule has 140 valence electrons. The summed E-state index contributed by atoms with van der Waals surface area (Å²) in [7, 11) is 0. The molecule has 1 saturated heterocycles. The lowest BCUT2D eigenvalue weighted by molar-refractivity contribution is -0.103. The van der Waals surface area contributed by atoms with Crippen molar-refractivity contribution in [3.05, 3.63) is 24.2 Å². The molecular formula is C20H28N4O2. The van der Waals surface area contributed by atoms with Crippen LogP contribution in [0.3, 0.4) is 0 Å². The van der Waals surface area contributed by atoms with Crippen molar-refractivity contribution >= 4 is 5.82 Å². The Morgan fingerprint density at radius 3 is 2.85 bits per heavy atom.